The SMILES string of the molecule is Cc1cccc(-c2cccc3c2C=C[CH]3[Hf]([CH3])([CH3])([CH3])(=[SiH2])([CH2]Cc2ccccc2)[CH]2C=Cc3c(-c4cccc(C)c4C)cccc32)c1C. The van der Waals surface area contributed by atoms with Gasteiger partial charge < -0.3 is 0 Å². The van der Waals surface area contributed by atoms with Gasteiger partial charge in [-0.3, -0.25) is 0 Å². The molecule has 238 valence electrons. The Hall–Kier alpha value is -3.33. The Labute approximate surface area is 278 Å². The van der Waals surface area contributed by atoms with Crippen LogP contribution in [-0.2, 0) is 20.6 Å². The number of hydrogen-bond donors (Lipinski definition) is 0. The Balaban J connectivity index is 1.46. The van der Waals surface area contributed by atoms with Crippen LogP contribution in [0.1, 0.15) is 57.4 Å². The van der Waals surface area contributed by atoms with Crippen LogP contribution in [0.25, 0.3) is 34.4 Å². The molecular weight excluding hydrogens is 747 g/mol. The second-order valence-electron chi connectivity index (χ2n) is 18.4. The van der Waals surface area contributed by atoms with Gasteiger partial charge >= 0.3 is 281 Å². The van der Waals surface area contributed by atoms with E-state index in [1.165, 1.54) is 76.5 Å². The molecule has 2 aliphatic rings. The molecule has 47 heavy (non-hydrogen) atoms. The van der Waals surface area contributed by atoms with Crippen LogP contribution >= 0.6 is 0 Å². The van der Waals surface area contributed by atoms with Gasteiger partial charge in [0.1, 0.15) is 0 Å². The van der Waals surface area contributed by atoms with Crippen LogP contribution in [0, 0.1) is 27.7 Å². The minimum absolute atomic E-state index is 0.367. The zero-order chi connectivity index (χ0) is 33.3. The van der Waals surface area contributed by atoms with Gasteiger partial charge in [0.2, 0.25) is 0 Å². The Morgan fingerprint density at radius 3 is 1.40 bits per heavy atom. The predicted octanol–water partition coefficient (Wildman–Crippen LogP) is 12.2. The van der Waals surface area contributed by atoms with Crippen molar-refractivity contribution in [3.05, 3.63) is 165 Å². The van der Waals surface area contributed by atoms with Crippen molar-refractivity contribution in [1.82, 2.24) is 0 Å². The van der Waals surface area contributed by atoms with Gasteiger partial charge in [0.25, 0.3) is 0 Å². The summed E-state index contributed by atoms with van der Waals surface area (Å²) in [6, 6.07) is 39.0. The summed E-state index contributed by atoms with van der Waals surface area (Å²) in [5.41, 5.74) is 18.3. The fourth-order valence-corrected chi connectivity index (χ4v) is 46.5. The normalized spacial score (nSPS) is 19.0. The van der Waals surface area contributed by atoms with Crippen molar-refractivity contribution in [2.24, 2.45) is 0 Å². The molecule has 0 N–H and O–H groups in total. The van der Waals surface area contributed by atoms with E-state index in [1.807, 2.05) is 0 Å². The van der Waals surface area contributed by atoms with E-state index in [9.17, 15) is 0 Å². The number of fused-ring (bicyclic) bond motifs is 2. The van der Waals surface area contributed by atoms with Crippen LogP contribution in [-0.4, -0.2) is 6.94 Å². The van der Waals surface area contributed by atoms with E-state index >= 15 is 0 Å². The van der Waals surface area contributed by atoms with Gasteiger partial charge in [-0.25, -0.2) is 0 Å². The molecule has 2 heteroatoms. The Bertz CT molecular complexity index is 2150. The average Bonchev–Trinajstić information content (AvgIpc) is 3.71. The summed E-state index contributed by atoms with van der Waals surface area (Å²) in [4.78, 5) is 0. The molecule has 0 amide bonds. The van der Waals surface area contributed by atoms with Crippen LogP contribution in [0.3, 0.4) is 0 Å². The van der Waals surface area contributed by atoms with Gasteiger partial charge in [-0.15, -0.1) is 0 Å². The molecule has 0 saturated heterocycles. The summed E-state index contributed by atoms with van der Waals surface area (Å²) in [6.07, 6.45) is 11.4. The summed E-state index contributed by atoms with van der Waals surface area (Å²) < 4.78 is 10.4. The number of allylic oxidation sites excluding steroid dienone is 2. The molecule has 0 radical (unpaired) electrons. The molecule has 0 aliphatic heterocycles. The first kappa shape index (κ1) is 32.2. The minimum atomic E-state index is -5.14. The van der Waals surface area contributed by atoms with Crippen molar-refractivity contribution in [2.75, 3.05) is 0 Å². The van der Waals surface area contributed by atoms with Crippen molar-refractivity contribution < 1.29 is 14.2 Å². The topological polar surface area (TPSA) is 0 Å². The van der Waals surface area contributed by atoms with E-state index in [-0.39, 0.29) is 0 Å². The molecule has 0 bridgehead atoms. The number of aryl methyl sites for hydroxylation is 3. The summed E-state index contributed by atoms with van der Waals surface area (Å²) >= 11 is -5.14. The Morgan fingerprint density at radius 1 is 0.511 bits per heavy atom. The number of benzene rings is 5. The summed E-state index contributed by atoms with van der Waals surface area (Å²) in [5.74, 6) is 0. The number of rotatable bonds is 7. The first-order valence-electron chi connectivity index (χ1n) is 17.5. The molecule has 2 atom stereocenters. The quantitative estimate of drug-likeness (QED) is 0.144. The molecule has 0 aromatic heterocycles. The van der Waals surface area contributed by atoms with Gasteiger partial charge in [0, 0.05) is 0 Å². The van der Waals surface area contributed by atoms with E-state index in [0.717, 1.165) is 6.42 Å². The van der Waals surface area contributed by atoms with Gasteiger partial charge in [-0.1, -0.05) is 0 Å². The van der Waals surface area contributed by atoms with Crippen LogP contribution in [0.4, 0.5) is 0 Å². The van der Waals surface area contributed by atoms with E-state index in [2.05, 4.69) is 176 Å². The van der Waals surface area contributed by atoms with Gasteiger partial charge in [-0.2, -0.15) is 0 Å². The fourth-order valence-electron chi connectivity index (χ4n) is 9.64. The monoisotopic (exact) mass is 798 g/mol. The molecule has 0 heterocycles. The van der Waals surface area contributed by atoms with E-state index in [1.54, 1.807) is 0 Å². The fraction of sp³-hybridized carbons (Fsp3) is 0.244. The molecule has 7 rings (SSSR count). The second kappa shape index (κ2) is 10.1. The van der Waals surface area contributed by atoms with Gasteiger partial charge in [0.05, 0.1) is 0 Å². The summed E-state index contributed by atoms with van der Waals surface area (Å²) in [7, 11) is 0. The van der Waals surface area contributed by atoms with E-state index in [0.29, 0.717) is 7.35 Å². The van der Waals surface area contributed by atoms with Crippen LogP contribution in [0.2, 0.25) is 18.2 Å². The second-order valence-corrected chi connectivity index (χ2v) is 100. The maximum absolute atomic E-state index is 5.14. The van der Waals surface area contributed by atoms with Gasteiger partial charge in [-0.05, 0) is 0 Å². The van der Waals surface area contributed by atoms with Crippen LogP contribution in [0.5, 0.6) is 0 Å². The van der Waals surface area contributed by atoms with Gasteiger partial charge in [0.15, 0.2) is 0 Å². The van der Waals surface area contributed by atoms with Crippen LogP contribution < -0.4 is 0 Å². The third-order valence-corrected chi connectivity index (χ3v) is 58.9. The zero-order valence-electron chi connectivity index (χ0n) is 29.4. The number of hydrogen-bond acceptors (Lipinski definition) is 0. The Morgan fingerprint density at radius 2 is 0.936 bits per heavy atom. The van der Waals surface area contributed by atoms with Crippen molar-refractivity contribution in [1.29, 1.82) is 0 Å². The molecule has 2 aliphatic carbocycles. The first-order chi connectivity index (χ1) is 22.1. The maximum atomic E-state index is 2.83. The molecule has 5 aromatic carbocycles. The molecule has 5 aromatic rings. The Kier molecular flexibility index (Phi) is 6.92. The molecule has 0 fully saturated rings. The third-order valence-electron chi connectivity index (χ3n) is 13.2. The van der Waals surface area contributed by atoms with Crippen molar-refractivity contribution in [2.45, 2.75) is 59.7 Å². The van der Waals surface area contributed by atoms with Crippen molar-refractivity contribution in [3.63, 3.8) is 0 Å². The summed E-state index contributed by atoms with van der Waals surface area (Å²) in [5, 5.41) is 0. The molecular formula is C45H50HfSi. The molecule has 0 nitrogen and oxygen atoms in total. The van der Waals surface area contributed by atoms with Crippen LogP contribution in [0.15, 0.2) is 115 Å². The summed E-state index contributed by atoms with van der Waals surface area (Å²) in [6.45, 7) is 11.5. The standard InChI is InChI=1S/2C17H15.C8H9.3CH3.Hf.H2Si/c2*1-12-6-3-9-15(13(12)2)17-11-5-8-14-7-4-10-16(14)17;1-2-8-6-4-3-5-7-8;;;;;/h2*3-11H,1-2H3;3-7H,1-2H2;3*1H3;;1H2. The molecule has 0 spiro atoms. The molecule has 0 saturated carbocycles. The van der Waals surface area contributed by atoms with E-state index in [4.69, 9.17) is 0 Å². The third kappa shape index (κ3) is 4.93. The zero-order valence-corrected chi connectivity index (χ0v) is 34.4. The van der Waals surface area contributed by atoms with Crippen molar-refractivity contribution in [3.8, 4) is 22.3 Å². The van der Waals surface area contributed by atoms with Crippen molar-refractivity contribution >= 4 is 19.1 Å². The predicted molar refractivity (Wildman–Crippen MR) is 207 cm³/mol. The molecule has 2 unspecified atom stereocenters. The van der Waals surface area contributed by atoms with E-state index < -0.39 is 14.2 Å². The average molecular weight is 797 g/mol. The first-order valence-corrected chi connectivity index (χ1v) is 43.3.